The van der Waals surface area contributed by atoms with E-state index < -0.39 is 0 Å². The Morgan fingerprint density at radius 1 is 1.00 bits per heavy atom. The molecule has 1 nitrogen and oxygen atoms in total. The summed E-state index contributed by atoms with van der Waals surface area (Å²) in [6, 6.07) is 21.3. The molecule has 0 spiro atoms. The molecule has 4 atom stereocenters. The Kier molecular flexibility index (Phi) is 5.08. The Morgan fingerprint density at radius 2 is 1.74 bits per heavy atom. The molecule has 0 bridgehead atoms. The van der Waals surface area contributed by atoms with E-state index in [0.717, 1.165) is 18.3 Å². The number of benzene rings is 2. The highest BCUT2D eigenvalue weighted by atomic mass is 35.5. The molecule has 2 aromatic carbocycles. The van der Waals surface area contributed by atoms with E-state index in [9.17, 15) is 0 Å². The zero-order valence-electron chi connectivity index (χ0n) is 13.7. The van der Waals surface area contributed by atoms with Crippen LogP contribution in [0.5, 0.6) is 0 Å². The molecule has 1 saturated heterocycles. The number of rotatable bonds is 2. The highest BCUT2D eigenvalue weighted by Crippen LogP contribution is 2.43. The van der Waals surface area contributed by atoms with Crippen molar-refractivity contribution in [2.45, 2.75) is 50.6 Å². The van der Waals surface area contributed by atoms with Gasteiger partial charge in [0.25, 0.3) is 0 Å². The summed E-state index contributed by atoms with van der Waals surface area (Å²) in [5.41, 5.74) is 4.69. The van der Waals surface area contributed by atoms with Gasteiger partial charge in [0.15, 0.2) is 0 Å². The predicted molar refractivity (Wildman–Crippen MR) is 99.4 cm³/mol. The van der Waals surface area contributed by atoms with Gasteiger partial charge in [0, 0.05) is 12.1 Å². The van der Waals surface area contributed by atoms with Gasteiger partial charge in [-0.3, -0.25) is 0 Å². The van der Waals surface area contributed by atoms with Gasteiger partial charge in [-0.2, -0.15) is 0 Å². The Bertz CT molecular complexity index is 639. The summed E-state index contributed by atoms with van der Waals surface area (Å²) in [5, 5.41) is 3.89. The minimum atomic E-state index is 0. The van der Waals surface area contributed by atoms with Gasteiger partial charge >= 0.3 is 0 Å². The van der Waals surface area contributed by atoms with Crippen molar-refractivity contribution in [1.29, 1.82) is 0 Å². The maximum absolute atomic E-state index is 3.89. The maximum Gasteiger partial charge on any atom is 0.0144 e. The van der Waals surface area contributed by atoms with Crippen LogP contribution in [0.2, 0.25) is 0 Å². The molecule has 0 saturated carbocycles. The fourth-order valence-electron chi connectivity index (χ4n) is 4.68. The monoisotopic (exact) mass is 327 g/mol. The molecule has 122 valence electrons. The van der Waals surface area contributed by atoms with E-state index in [2.05, 4.69) is 66.8 Å². The van der Waals surface area contributed by atoms with Gasteiger partial charge in [0.05, 0.1) is 0 Å². The van der Waals surface area contributed by atoms with Crippen molar-refractivity contribution in [3.05, 3.63) is 71.3 Å². The second-order valence-corrected chi connectivity index (χ2v) is 7.11. The van der Waals surface area contributed by atoms with Gasteiger partial charge in [-0.05, 0) is 61.1 Å². The summed E-state index contributed by atoms with van der Waals surface area (Å²) in [6.45, 7) is 2.35. The quantitative estimate of drug-likeness (QED) is 0.839. The zero-order valence-corrected chi connectivity index (χ0v) is 14.6. The lowest BCUT2D eigenvalue weighted by Gasteiger charge is -2.45. The molecule has 2 unspecified atom stereocenters. The Morgan fingerprint density at radius 3 is 2.57 bits per heavy atom. The van der Waals surface area contributed by atoms with Crippen LogP contribution >= 0.6 is 12.4 Å². The molecule has 1 N–H and O–H groups in total. The van der Waals surface area contributed by atoms with Crippen molar-refractivity contribution in [2.75, 3.05) is 0 Å². The largest absolute Gasteiger partial charge is 0.311 e. The number of nitrogens with one attached hydrogen (secondary N) is 1. The van der Waals surface area contributed by atoms with Crippen molar-refractivity contribution in [3.63, 3.8) is 0 Å². The van der Waals surface area contributed by atoms with Crippen LogP contribution in [0, 0.1) is 5.92 Å². The third kappa shape index (κ3) is 3.32. The highest BCUT2D eigenvalue weighted by molar-refractivity contribution is 5.85. The SMILES string of the molecule is C[C@@H]1CC2c3ccccc3CCC2[C@@H](Cc2ccccc2)N1.Cl. The molecule has 1 heterocycles. The summed E-state index contributed by atoms with van der Waals surface area (Å²) in [7, 11) is 0. The molecule has 4 rings (SSSR count). The second kappa shape index (κ2) is 7.07. The van der Waals surface area contributed by atoms with Gasteiger partial charge in [0.2, 0.25) is 0 Å². The second-order valence-electron chi connectivity index (χ2n) is 7.11. The molecule has 0 aromatic heterocycles. The number of piperidine rings is 1. The number of aryl methyl sites for hydroxylation is 1. The molecule has 23 heavy (non-hydrogen) atoms. The first-order valence-corrected chi connectivity index (χ1v) is 8.69. The number of fused-ring (bicyclic) bond motifs is 3. The van der Waals surface area contributed by atoms with Crippen molar-refractivity contribution < 1.29 is 0 Å². The lowest BCUT2D eigenvalue weighted by atomic mass is 9.66. The fourth-order valence-corrected chi connectivity index (χ4v) is 4.68. The average Bonchev–Trinajstić information content (AvgIpc) is 2.55. The lowest BCUT2D eigenvalue weighted by Crippen LogP contribution is -2.52. The molecule has 1 fully saturated rings. The Hall–Kier alpha value is -1.31. The number of hydrogen-bond donors (Lipinski definition) is 1. The molecule has 1 aliphatic heterocycles. The molecular weight excluding hydrogens is 302 g/mol. The molecule has 2 aromatic rings. The number of hydrogen-bond acceptors (Lipinski definition) is 1. The van der Waals surface area contributed by atoms with Gasteiger partial charge in [0.1, 0.15) is 0 Å². The fraction of sp³-hybridized carbons (Fsp3) is 0.429. The molecule has 2 aliphatic rings. The normalized spacial score (nSPS) is 29.1. The van der Waals surface area contributed by atoms with Crippen LogP contribution in [0.15, 0.2) is 54.6 Å². The lowest BCUT2D eigenvalue weighted by molar-refractivity contribution is 0.183. The zero-order chi connectivity index (χ0) is 14.9. The first-order chi connectivity index (χ1) is 10.8. The van der Waals surface area contributed by atoms with Gasteiger partial charge < -0.3 is 5.32 Å². The average molecular weight is 328 g/mol. The van der Waals surface area contributed by atoms with Crippen LogP contribution in [-0.2, 0) is 12.8 Å². The van der Waals surface area contributed by atoms with E-state index in [1.165, 1.54) is 24.8 Å². The van der Waals surface area contributed by atoms with Crippen LogP contribution in [0.25, 0.3) is 0 Å². The predicted octanol–water partition coefficient (Wildman–Crippen LogP) is 4.75. The molecule has 2 heteroatoms. The molecular formula is C21H26ClN. The summed E-state index contributed by atoms with van der Waals surface area (Å²) < 4.78 is 0. The summed E-state index contributed by atoms with van der Waals surface area (Å²) in [6.07, 6.45) is 5.03. The summed E-state index contributed by atoms with van der Waals surface area (Å²) in [5.74, 6) is 1.53. The van der Waals surface area contributed by atoms with Crippen molar-refractivity contribution in [2.24, 2.45) is 5.92 Å². The topological polar surface area (TPSA) is 12.0 Å². The van der Waals surface area contributed by atoms with E-state index in [1.54, 1.807) is 11.1 Å². The minimum absolute atomic E-state index is 0. The highest BCUT2D eigenvalue weighted by Gasteiger charge is 2.39. The van der Waals surface area contributed by atoms with Gasteiger partial charge in [-0.25, -0.2) is 0 Å². The molecule has 0 radical (unpaired) electrons. The van der Waals surface area contributed by atoms with Gasteiger partial charge in [-0.15, -0.1) is 12.4 Å². The Balaban J connectivity index is 0.00000156. The van der Waals surface area contributed by atoms with Crippen LogP contribution in [0.4, 0.5) is 0 Å². The van der Waals surface area contributed by atoms with Crippen molar-refractivity contribution in [3.8, 4) is 0 Å². The van der Waals surface area contributed by atoms with Crippen LogP contribution in [-0.4, -0.2) is 12.1 Å². The van der Waals surface area contributed by atoms with Crippen LogP contribution in [0.3, 0.4) is 0 Å². The van der Waals surface area contributed by atoms with E-state index in [-0.39, 0.29) is 12.4 Å². The molecule has 1 aliphatic carbocycles. The van der Waals surface area contributed by atoms with E-state index in [1.807, 2.05) is 0 Å². The third-order valence-electron chi connectivity index (χ3n) is 5.64. The van der Waals surface area contributed by atoms with Gasteiger partial charge in [-0.1, -0.05) is 54.6 Å². The summed E-state index contributed by atoms with van der Waals surface area (Å²) in [4.78, 5) is 0. The smallest absolute Gasteiger partial charge is 0.0144 e. The van der Waals surface area contributed by atoms with E-state index >= 15 is 0 Å². The summed E-state index contributed by atoms with van der Waals surface area (Å²) >= 11 is 0. The van der Waals surface area contributed by atoms with Crippen molar-refractivity contribution >= 4 is 12.4 Å². The Labute approximate surface area is 145 Å². The van der Waals surface area contributed by atoms with E-state index in [4.69, 9.17) is 0 Å². The minimum Gasteiger partial charge on any atom is -0.311 e. The van der Waals surface area contributed by atoms with E-state index in [0.29, 0.717) is 12.1 Å². The molecule has 0 amide bonds. The first kappa shape index (κ1) is 16.5. The first-order valence-electron chi connectivity index (χ1n) is 8.69. The standard InChI is InChI=1S/C21H25N.ClH/c1-15-13-20-18-10-6-5-9-17(18)11-12-19(20)21(22-15)14-16-7-3-2-4-8-16;/h2-10,15,19-22H,11-14H2,1H3;1H/t15-,19?,20?,21-;/m1./s1. The maximum atomic E-state index is 3.89. The third-order valence-corrected chi connectivity index (χ3v) is 5.64. The number of halogens is 1. The van der Waals surface area contributed by atoms with Crippen LogP contribution < -0.4 is 5.32 Å². The van der Waals surface area contributed by atoms with Crippen LogP contribution in [0.1, 0.15) is 42.4 Å². The van der Waals surface area contributed by atoms with Crippen molar-refractivity contribution in [1.82, 2.24) is 5.32 Å².